The fraction of sp³-hybridized carbons (Fsp3) is 0.412. The Morgan fingerprint density at radius 2 is 1.86 bits per heavy atom. The Bertz CT molecular complexity index is 563. The molecule has 0 amide bonds. The van der Waals surface area contributed by atoms with Gasteiger partial charge in [0.25, 0.3) is 0 Å². The molecule has 21 heavy (non-hydrogen) atoms. The van der Waals surface area contributed by atoms with E-state index in [4.69, 9.17) is 13.9 Å². The lowest BCUT2D eigenvalue weighted by atomic mass is 10.2. The molecule has 0 saturated carbocycles. The van der Waals surface area contributed by atoms with Crippen molar-refractivity contribution >= 4 is 0 Å². The lowest BCUT2D eigenvalue weighted by Crippen LogP contribution is -2.11. The lowest BCUT2D eigenvalue weighted by molar-refractivity contribution is 0.265. The van der Waals surface area contributed by atoms with Crippen LogP contribution < -0.4 is 14.8 Å². The van der Waals surface area contributed by atoms with Crippen LogP contribution in [0, 0.1) is 6.92 Å². The van der Waals surface area contributed by atoms with Gasteiger partial charge in [0.2, 0.25) is 0 Å². The molecule has 1 N–H and O–H groups in total. The van der Waals surface area contributed by atoms with Crippen LogP contribution in [-0.4, -0.2) is 13.2 Å². The average Bonchev–Trinajstić information content (AvgIpc) is 2.84. The normalized spacial score (nSPS) is 10.6. The molecule has 0 aliphatic rings. The third-order valence-corrected chi connectivity index (χ3v) is 3.13. The van der Waals surface area contributed by atoms with Crippen molar-refractivity contribution in [1.29, 1.82) is 0 Å². The number of hydrogen-bond acceptors (Lipinski definition) is 4. The van der Waals surface area contributed by atoms with E-state index in [-0.39, 0.29) is 0 Å². The van der Waals surface area contributed by atoms with Gasteiger partial charge in [0.15, 0.2) is 0 Å². The largest absolute Gasteiger partial charge is 0.494 e. The van der Waals surface area contributed by atoms with Crippen LogP contribution >= 0.6 is 0 Å². The summed E-state index contributed by atoms with van der Waals surface area (Å²) in [6.45, 7) is 8.87. The minimum Gasteiger partial charge on any atom is -0.494 e. The van der Waals surface area contributed by atoms with Gasteiger partial charge >= 0.3 is 0 Å². The molecule has 1 heterocycles. The zero-order chi connectivity index (χ0) is 15.1. The molecule has 4 heteroatoms. The highest BCUT2D eigenvalue weighted by atomic mass is 16.5. The van der Waals surface area contributed by atoms with Crippen molar-refractivity contribution < 1.29 is 13.9 Å². The molecule has 0 unspecified atom stereocenters. The van der Waals surface area contributed by atoms with E-state index in [9.17, 15) is 0 Å². The standard InChI is InChI=1S/C17H23NO3/c1-4-18-11-14-9-17(21-13(14)3)12-20-16-8-6-7-15(10-16)19-5-2/h6-10,18H,4-5,11-12H2,1-3H3. The van der Waals surface area contributed by atoms with Crippen molar-refractivity contribution in [1.82, 2.24) is 5.32 Å². The van der Waals surface area contributed by atoms with Crippen LogP contribution in [0.25, 0.3) is 0 Å². The summed E-state index contributed by atoms with van der Waals surface area (Å²) in [4.78, 5) is 0. The molecule has 0 fully saturated rings. The van der Waals surface area contributed by atoms with Crippen molar-refractivity contribution in [2.75, 3.05) is 13.2 Å². The summed E-state index contributed by atoms with van der Waals surface area (Å²) in [6.07, 6.45) is 0. The summed E-state index contributed by atoms with van der Waals surface area (Å²) in [5.41, 5.74) is 1.18. The van der Waals surface area contributed by atoms with E-state index < -0.39 is 0 Å². The third-order valence-electron chi connectivity index (χ3n) is 3.13. The highest BCUT2D eigenvalue weighted by Gasteiger charge is 2.08. The molecule has 0 radical (unpaired) electrons. The molecule has 0 bridgehead atoms. The van der Waals surface area contributed by atoms with E-state index >= 15 is 0 Å². The minimum absolute atomic E-state index is 0.419. The smallest absolute Gasteiger partial charge is 0.146 e. The maximum atomic E-state index is 5.76. The van der Waals surface area contributed by atoms with Crippen LogP contribution in [0.15, 0.2) is 34.7 Å². The molecular formula is C17H23NO3. The first-order valence-electron chi connectivity index (χ1n) is 7.37. The summed E-state index contributed by atoms with van der Waals surface area (Å²) in [5.74, 6) is 3.38. The van der Waals surface area contributed by atoms with Gasteiger partial charge in [0, 0.05) is 18.2 Å². The highest BCUT2D eigenvalue weighted by Crippen LogP contribution is 2.21. The number of aryl methyl sites for hydroxylation is 1. The fourth-order valence-electron chi connectivity index (χ4n) is 2.07. The number of benzene rings is 1. The average molecular weight is 289 g/mol. The quantitative estimate of drug-likeness (QED) is 0.805. The monoisotopic (exact) mass is 289 g/mol. The summed E-state index contributed by atoms with van der Waals surface area (Å²) in [7, 11) is 0. The Kier molecular flexibility index (Phi) is 5.69. The second-order valence-corrected chi connectivity index (χ2v) is 4.77. The highest BCUT2D eigenvalue weighted by molar-refractivity contribution is 5.33. The Hall–Kier alpha value is -1.94. The molecule has 1 aromatic heterocycles. The number of furan rings is 1. The van der Waals surface area contributed by atoms with Crippen molar-refractivity contribution in [3.8, 4) is 11.5 Å². The van der Waals surface area contributed by atoms with Crippen LogP contribution in [0.2, 0.25) is 0 Å². The van der Waals surface area contributed by atoms with Crippen molar-refractivity contribution in [2.24, 2.45) is 0 Å². The predicted octanol–water partition coefficient (Wildman–Crippen LogP) is 3.68. The first kappa shape index (κ1) is 15.4. The molecule has 114 valence electrons. The van der Waals surface area contributed by atoms with Gasteiger partial charge in [-0.25, -0.2) is 0 Å². The Morgan fingerprint density at radius 3 is 2.57 bits per heavy atom. The van der Waals surface area contributed by atoms with E-state index in [0.717, 1.165) is 36.1 Å². The molecule has 0 atom stereocenters. The van der Waals surface area contributed by atoms with E-state index in [2.05, 4.69) is 12.2 Å². The SMILES string of the molecule is CCNCc1cc(COc2cccc(OCC)c2)oc1C. The Labute approximate surface area is 126 Å². The summed E-state index contributed by atoms with van der Waals surface area (Å²) in [6, 6.07) is 9.69. The summed E-state index contributed by atoms with van der Waals surface area (Å²) >= 11 is 0. The van der Waals surface area contributed by atoms with E-state index in [1.807, 2.05) is 44.2 Å². The van der Waals surface area contributed by atoms with Gasteiger partial charge in [-0.05, 0) is 38.6 Å². The fourth-order valence-corrected chi connectivity index (χ4v) is 2.07. The molecule has 2 rings (SSSR count). The molecule has 1 aromatic carbocycles. The van der Waals surface area contributed by atoms with Gasteiger partial charge in [-0.15, -0.1) is 0 Å². The molecule has 2 aromatic rings. The second-order valence-electron chi connectivity index (χ2n) is 4.77. The lowest BCUT2D eigenvalue weighted by Gasteiger charge is -2.07. The number of ether oxygens (including phenoxy) is 2. The summed E-state index contributed by atoms with van der Waals surface area (Å²) in [5, 5.41) is 3.30. The molecule has 0 aliphatic heterocycles. The van der Waals surface area contributed by atoms with Crippen LogP contribution in [0.4, 0.5) is 0 Å². The van der Waals surface area contributed by atoms with E-state index in [1.165, 1.54) is 5.56 Å². The molecule has 0 saturated heterocycles. The van der Waals surface area contributed by atoms with Gasteiger partial charge in [-0.3, -0.25) is 0 Å². The molecule has 4 nitrogen and oxygen atoms in total. The first-order valence-corrected chi connectivity index (χ1v) is 7.37. The van der Waals surface area contributed by atoms with Gasteiger partial charge in [-0.1, -0.05) is 13.0 Å². The van der Waals surface area contributed by atoms with Crippen molar-refractivity contribution in [3.63, 3.8) is 0 Å². The van der Waals surface area contributed by atoms with E-state index in [1.54, 1.807) is 0 Å². The maximum Gasteiger partial charge on any atom is 0.146 e. The topological polar surface area (TPSA) is 43.6 Å². The zero-order valence-corrected chi connectivity index (χ0v) is 12.9. The maximum absolute atomic E-state index is 5.76. The third kappa shape index (κ3) is 4.53. The Morgan fingerprint density at radius 1 is 1.10 bits per heavy atom. The predicted molar refractivity (Wildman–Crippen MR) is 82.8 cm³/mol. The van der Waals surface area contributed by atoms with Crippen molar-refractivity contribution in [2.45, 2.75) is 33.9 Å². The van der Waals surface area contributed by atoms with Crippen LogP contribution in [0.1, 0.15) is 30.9 Å². The molecule has 0 aliphatic carbocycles. The number of hydrogen-bond donors (Lipinski definition) is 1. The number of rotatable bonds is 8. The van der Waals surface area contributed by atoms with Gasteiger partial charge in [-0.2, -0.15) is 0 Å². The van der Waals surface area contributed by atoms with Crippen molar-refractivity contribution in [3.05, 3.63) is 47.4 Å². The molecular weight excluding hydrogens is 266 g/mol. The van der Waals surface area contributed by atoms with Gasteiger partial charge in [0.1, 0.15) is 29.6 Å². The van der Waals surface area contributed by atoms with Crippen LogP contribution in [0.3, 0.4) is 0 Å². The zero-order valence-electron chi connectivity index (χ0n) is 12.9. The molecule has 0 spiro atoms. The minimum atomic E-state index is 0.419. The van der Waals surface area contributed by atoms with Crippen LogP contribution in [-0.2, 0) is 13.2 Å². The van der Waals surface area contributed by atoms with Gasteiger partial charge < -0.3 is 19.2 Å². The van der Waals surface area contributed by atoms with Gasteiger partial charge in [0.05, 0.1) is 6.61 Å². The Balaban J connectivity index is 1.94. The summed E-state index contributed by atoms with van der Waals surface area (Å²) < 4.78 is 16.9. The van der Waals surface area contributed by atoms with Crippen LogP contribution in [0.5, 0.6) is 11.5 Å². The first-order chi connectivity index (χ1) is 10.2. The number of nitrogens with one attached hydrogen (secondary N) is 1. The van der Waals surface area contributed by atoms with E-state index in [0.29, 0.717) is 13.2 Å². The second kappa shape index (κ2) is 7.74.